The normalized spacial score (nSPS) is 12.8. The molecular weight excluding hydrogens is 282 g/mol. The van der Waals surface area contributed by atoms with Crippen LogP contribution in [-0.2, 0) is 19.4 Å². The summed E-state index contributed by atoms with van der Waals surface area (Å²) >= 11 is 7.99. The molecule has 0 spiro atoms. The van der Waals surface area contributed by atoms with Crippen molar-refractivity contribution in [2.75, 3.05) is 0 Å². The molecule has 1 atom stereocenters. The molecule has 0 aliphatic rings. The van der Waals surface area contributed by atoms with Crippen LogP contribution in [0.25, 0.3) is 0 Å². The maximum atomic E-state index is 6.41. The molecule has 0 aliphatic carbocycles. The predicted molar refractivity (Wildman–Crippen MR) is 78.2 cm³/mol. The third-order valence-electron chi connectivity index (χ3n) is 3.09. The van der Waals surface area contributed by atoms with Crippen LogP contribution in [0, 0.1) is 0 Å². The highest BCUT2D eigenvalue weighted by molar-refractivity contribution is 7.09. The van der Waals surface area contributed by atoms with Crippen LogP contribution < -0.4 is 11.3 Å². The maximum Gasteiger partial charge on any atom is 0.0850 e. The first-order valence-corrected chi connectivity index (χ1v) is 7.55. The average molecular weight is 300 g/mol. The summed E-state index contributed by atoms with van der Waals surface area (Å²) < 4.78 is 1.95. The first-order chi connectivity index (χ1) is 9.21. The number of thiazole rings is 1. The molecule has 2 heterocycles. The van der Waals surface area contributed by atoms with E-state index in [0.717, 1.165) is 34.3 Å². The third-order valence-corrected chi connectivity index (χ3v) is 4.41. The van der Waals surface area contributed by atoms with Gasteiger partial charge in [0.05, 0.1) is 28.0 Å². The van der Waals surface area contributed by atoms with E-state index in [1.165, 1.54) is 0 Å². The number of hydrogen-bond acceptors (Lipinski definition) is 5. The Morgan fingerprint density at radius 1 is 1.53 bits per heavy atom. The second-order valence-electron chi connectivity index (χ2n) is 4.20. The van der Waals surface area contributed by atoms with Gasteiger partial charge in [0.25, 0.3) is 0 Å². The highest BCUT2D eigenvalue weighted by Gasteiger charge is 2.20. The predicted octanol–water partition coefficient (Wildman–Crippen LogP) is 2.32. The van der Waals surface area contributed by atoms with Gasteiger partial charge in [0.1, 0.15) is 0 Å². The van der Waals surface area contributed by atoms with Gasteiger partial charge in [0.15, 0.2) is 0 Å². The summed E-state index contributed by atoms with van der Waals surface area (Å²) in [5.41, 5.74) is 6.60. The van der Waals surface area contributed by atoms with Crippen molar-refractivity contribution < 1.29 is 0 Å². The smallest absolute Gasteiger partial charge is 0.0850 e. The topological polar surface area (TPSA) is 68.8 Å². The molecule has 0 radical (unpaired) electrons. The molecule has 104 valence electrons. The molecular formula is C12H18ClN5S. The van der Waals surface area contributed by atoms with Crippen LogP contribution in [0.1, 0.15) is 36.2 Å². The van der Waals surface area contributed by atoms with E-state index >= 15 is 0 Å². The van der Waals surface area contributed by atoms with Crippen LogP contribution in [0.5, 0.6) is 0 Å². The Bertz CT molecular complexity index is 522. The second kappa shape index (κ2) is 6.47. The van der Waals surface area contributed by atoms with E-state index in [0.29, 0.717) is 6.42 Å². The van der Waals surface area contributed by atoms with Gasteiger partial charge in [-0.3, -0.25) is 20.9 Å². The lowest BCUT2D eigenvalue weighted by Crippen LogP contribution is -2.29. The lowest BCUT2D eigenvalue weighted by Gasteiger charge is -2.14. The van der Waals surface area contributed by atoms with E-state index in [2.05, 4.69) is 29.4 Å². The van der Waals surface area contributed by atoms with Crippen molar-refractivity contribution in [3.63, 3.8) is 0 Å². The number of aromatic nitrogens is 3. The van der Waals surface area contributed by atoms with E-state index in [1.54, 1.807) is 16.8 Å². The van der Waals surface area contributed by atoms with Gasteiger partial charge in [-0.25, -0.2) is 0 Å². The van der Waals surface area contributed by atoms with Crippen LogP contribution in [0.4, 0.5) is 0 Å². The number of halogens is 1. The molecule has 2 rings (SSSR count). The number of aryl methyl sites for hydroxylation is 2. The summed E-state index contributed by atoms with van der Waals surface area (Å²) in [4.78, 5) is 5.18. The SMILES string of the molecule is CCc1nn(CC)c(CC(NN)c2cncs2)c1Cl. The molecule has 0 saturated heterocycles. The van der Waals surface area contributed by atoms with Crippen LogP contribution in [-0.4, -0.2) is 14.8 Å². The van der Waals surface area contributed by atoms with E-state index in [4.69, 9.17) is 17.4 Å². The Kier molecular flexibility index (Phi) is 4.93. The highest BCUT2D eigenvalue weighted by atomic mass is 35.5. The molecule has 2 aromatic rings. The molecule has 19 heavy (non-hydrogen) atoms. The fraction of sp³-hybridized carbons (Fsp3) is 0.500. The average Bonchev–Trinajstić information content (AvgIpc) is 3.04. The van der Waals surface area contributed by atoms with E-state index in [1.807, 2.05) is 10.9 Å². The molecule has 0 bridgehead atoms. The van der Waals surface area contributed by atoms with Crippen LogP contribution in [0.15, 0.2) is 11.7 Å². The van der Waals surface area contributed by atoms with Gasteiger partial charge < -0.3 is 0 Å². The fourth-order valence-electron chi connectivity index (χ4n) is 2.05. The number of nitrogens with one attached hydrogen (secondary N) is 1. The highest BCUT2D eigenvalue weighted by Crippen LogP contribution is 2.27. The molecule has 0 aromatic carbocycles. The lowest BCUT2D eigenvalue weighted by atomic mass is 10.1. The molecule has 7 heteroatoms. The zero-order valence-corrected chi connectivity index (χ0v) is 12.6. The Hall–Kier alpha value is -0.950. The van der Waals surface area contributed by atoms with Crippen molar-refractivity contribution in [1.82, 2.24) is 20.2 Å². The molecule has 1 unspecified atom stereocenters. The van der Waals surface area contributed by atoms with Crippen LogP contribution in [0.3, 0.4) is 0 Å². The Balaban J connectivity index is 2.29. The summed E-state index contributed by atoms with van der Waals surface area (Å²) in [6.45, 7) is 4.92. The van der Waals surface area contributed by atoms with Crippen molar-refractivity contribution in [2.24, 2.45) is 5.84 Å². The van der Waals surface area contributed by atoms with E-state index in [9.17, 15) is 0 Å². The van der Waals surface area contributed by atoms with Gasteiger partial charge >= 0.3 is 0 Å². The van der Waals surface area contributed by atoms with Crippen molar-refractivity contribution in [1.29, 1.82) is 0 Å². The number of rotatable bonds is 6. The molecule has 0 amide bonds. The summed E-state index contributed by atoms with van der Waals surface area (Å²) in [5, 5.41) is 5.28. The number of nitrogens with zero attached hydrogens (tertiary/aromatic N) is 3. The molecule has 5 nitrogen and oxygen atoms in total. The minimum Gasteiger partial charge on any atom is -0.271 e. The minimum atomic E-state index is 0.0108. The zero-order chi connectivity index (χ0) is 13.8. The number of nitrogens with two attached hydrogens (primary N) is 1. The van der Waals surface area contributed by atoms with Gasteiger partial charge in [-0.1, -0.05) is 18.5 Å². The Morgan fingerprint density at radius 3 is 2.84 bits per heavy atom. The van der Waals surface area contributed by atoms with Crippen molar-refractivity contribution in [2.45, 2.75) is 39.3 Å². The molecule has 0 aliphatic heterocycles. The number of hydrogen-bond donors (Lipinski definition) is 2. The standard InChI is InChI=1S/C12H18ClN5S/c1-3-8-12(13)10(18(4-2)17-8)5-9(16-14)11-6-15-7-19-11/h6-7,9,16H,3-5,14H2,1-2H3. The van der Waals surface area contributed by atoms with Crippen LogP contribution >= 0.6 is 22.9 Å². The Labute approximate surface area is 121 Å². The van der Waals surface area contributed by atoms with Crippen molar-refractivity contribution >= 4 is 22.9 Å². The van der Waals surface area contributed by atoms with E-state index in [-0.39, 0.29) is 6.04 Å². The zero-order valence-electron chi connectivity index (χ0n) is 11.1. The second-order valence-corrected chi connectivity index (χ2v) is 5.50. The summed E-state index contributed by atoms with van der Waals surface area (Å²) in [7, 11) is 0. The van der Waals surface area contributed by atoms with Crippen molar-refractivity contribution in [3.8, 4) is 0 Å². The monoisotopic (exact) mass is 299 g/mol. The van der Waals surface area contributed by atoms with Gasteiger partial charge in [-0.2, -0.15) is 5.10 Å². The summed E-state index contributed by atoms with van der Waals surface area (Å²) in [6, 6.07) is 0.0108. The summed E-state index contributed by atoms with van der Waals surface area (Å²) in [5.74, 6) is 5.65. The molecule has 0 saturated carbocycles. The minimum absolute atomic E-state index is 0.0108. The third kappa shape index (κ3) is 2.97. The quantitative estimate of drug-likeness (QED) is 0.634. The Morgan fingerprint density at radius 2 is 2.32 bits per heavy atom. The van der Waals surface area contributed by atoms with Gasteiger partial charge in [0, 0.05) is 24.0 Å². The van der Waals surface area contributed by atoms with Gasteiger partial charge in [-0.15, -0.1) is 11.3 Å². The largest absolute Gasteiger partial charge is 0.271 e. The maximum absolute atomic E-state index is 6.41. The molecule has 2 aromatic heterocycles. The first kappa shape index (κ1) is 14.5. The summed E-state index contributed by atoms with van der Waals surface area (Å²) in [6.07, 6.45) is 3.37. The van der Waals surface area contributed by atoms with Crippen molar-refractivity contribution in [3.05, 3.63) is 33.0 Å². The molecule has 0 fully saturated rings. The van der Waals surface area contributed by atoms with Gasteiger partial charge in [-0.05, 0) is 13.3 Å². The first-order valence-electron chi connectivity index (χ1n) is 6.29. The van der Waals surface area contributed by atoms with E-state index < -0.39 is 0 Å². The molecule has 3 N–H and O–H groups in total. The fourth-order valence-corrected chi connectivity index (χ4v) is 3.07. The number of hydrazine groups is 1. The van der Waals surface area contributed by atoms with Gasteiger partial charge in [0.2, 0.25) is 0 Å². The van der Waals surface area contributed by atoms with Crippen LogP contribution in [0.2, 0.25) is 5.02 Å². The lowest BCUT2D eigenvalue weighted by molar-refractivity contribution is 0.522.